The highest BCUT2D eigenvalue weighted by atomic mass is 31.2. The van der Waals surface area contributed by atoms with E-state index in [4.69, 9.17) is 9.26 Å². The summed E-state index contributed by atoms with van der Waals surface area (Å²) < 4.78 is 15.8. The molecule has 7 nitrogen and oxygen atoms in total. The molecule has 0 heterocycles. The second-order valence-electron chi connectivity index (χ2n) is 7.27. The number of methoxy groups -OCH3 is 1. The molecule has 0 saturated heterocycles. The Morgan fingerprint density at radius 3 is 2.47 bits per heavy atom. The van der Waals surface area contributed by atoms with Gasteiger partial charge in [-0.25, -0.2) is 10.2 Å². The summed E-state index contributed by atoms with van der Waals surface area (Å²) in [5.74, 6) is 1.58. The number of carbonyl (C=O) groups excluding carboxylic acids is 2. The summed E-state index contributed by atoms with van der Waals surface area (Å²) in [6.45, 7) is 9.34. The Morgan fingerprint density at radius 1 is 1.23 bits per heavy atom. The van der Waals surface area contributed by atoms with E-state index in [2.05, 4.69) is 47.0 Å². The Kier molecular flexibility index (Phi) is 13.5. The Balaban J connectivity index is 0.00000103. The number of rotatable bonds is 13. The van der Waals surface area contributed by atoms with E-state index < -0.39 is 8.45 Å². The molecule has 8 heteroatoms. The molecule has 0 bridgehead atoms. The van der Waals surface area contributed by atoms with E-state index in [1.807, 2.05) is 6.92 Å². The number of esters is 1. The first-order valence-corrected chi connectivity index (χ1v) is 11.9. The van der Waals surface area contributed by atoms with Gasteiger partial charge in [-0.15, -0.1) is 0 Å². The number of nitrogens with one attached hydrogen (secondary N) is 2. The van der Waals surface area contributed by atoms with Crippen molar-refractivity contribution in [2.24, 2.45) is 5.92 Å². The van der Waals surface area contributed by atoms with Gasteiger partial charge in [-0.2, -0.15) is 0 Å². The van der Waals surface area contributed by atoms with Crippen LogP contribution in [0.25, 0.3) is 0 Å². The van der Waals surface area contributed by atoms with Crippen LogP contribution in [0.2, 0.25) is 0 Å². The molecular formula is C22H37N2O5P. The fourth-order valence-electron chi connectivity index (χ4n) is 2.64. The number of para-hydroxylation sites is 1. The van der Waals surface area contributed by atoms with Crippen LogP contribution in [0.3, 0.4) is 0 Å². The average Bonchev–Trinajstić information content (AvgIpc) is 3.55. The lowest BCUT2D eigenvalue weighted by atomic mass is 9.97. The van der Waals surface area contributed by atoms with Gasteiger partial charge in [0.05, 0.1) is 13.2 Å². The van der Waals surface area contributed by atoms with E-state index in [-0.39, 0.29) is 19.1 Å². The molecule has 1 aromatic carbocycles. The van der Waals surface area contributed by atoms with Gasteiger partial charge >= 0.3 is 5.97 Å². The molecule has 0 spiro atoms. The topological polar surface area (TPSA) is 85.9 Å². The summed E-state index contributed by atoms with van der Waals surface area (Å²) >= 11 is 0. The van der Waals surface area contributed by atoms with Gasteiger partial charge in [0.1, 0.15) is 18.6 Å². The standard InChI is InChI=1S/C19H29N2O4P.C3H8O/c1-4-24-18(23)13-21-26(20-10-11-22)25-19-16(12-15-8-9-15)6-5-7-17(19)14(2)3;1-3-4-2/h5-7,11,14-15,20-21H,4,8-10,12-13H2,1-3H3;3H2,1-2H3. The summed E-state index contributed by atoms with van der Waals surface area (Å²) in [4.78, 5) is 22.4. The van der Waals surface area contributed by atoms with Gasteiger partial charge in [-0.1, -0.05) is 32.0 Å². The number of hydrogen-bond donors (Lipinski definition) is 2. The molecule has 2 N–H and O–H groups in total. The Labute approximate surface area is 182 Å². The lowest BCUT2D eigenvalue weighted by molar-refractivity contribution is -0.141. The highest BCUT2D eigenvalue weighted by molar-refractivity contribution is 7.48. The molecule has 30 heavy (non-hydrogen) atoms. The van der Waals surface area contributed by atoms with Crippen molar-refractivity contribution in [2.45, 2.75) is 52.9 Å². The molecule has 2 rings (SSSR count). The van der Waals surface area contributed by atoms with Crippen molar-refractivity contribution in [1.82, 2.24) is 10.2 Å². The third-order valence-corrected chi connectivity index (χ3v) is 5.70. The minimum absolute atomic E-state index is 0.0349. The van der Waals surface area contributed by atoms with Crippen LogP contribution in [0, 0.1) is 5.92 Å². The highest BCUT2D eigenvalue weighted by Gasteiger charge is 2.26. The van der Waals surface area contributed by atoms with E-state index in [0.29, 0.717) is 12.5 Å². The molecule has 1 aliphatic rings. The molecule has 1 aromatic rings. The van der Waals surface area contributed by atoms with Crippen LogP contribution in [0.1, 0.15) is 57.6 Å². The number of hydrogen-bond acceptors (Lipinski definition) is 7. The van der Waals surface area contributed by atoms with Crippen molar-refractivity contribution in [3.05, 3.63) is 29.3 Å². The highest BCUT2D eigenvalue weighted by Crippen LogP contribution is 2.42. The predicted octanol–water partition coefficient (Wildman–Crippen LogP) is 3.96. The van der Waals surface area contributed by atoms with E-state index in [0.717, 1.165) is 36.5 Å². The minimum Gasteiger partial charge on any atom is -0.465 e. The first-order chi connectivity index (χ1) is 14.5. The van der Waals surface area contributed by atoms with E-state index in [9.17, 15) is 9.59 Å². The van der Waals surface area contributed by atoms with Crippen molar-refractivity contribution in [2.75, 3.05) is 33.4 Å². The van der Waals surface area contributed by atoms with E-state index >= 15 is 0 Å². The maximum atomic E-state index is 11.6. The van der Waals surface area contributed by atoms with Gasteiger partial charge in [0, 0.05) is 13.7 Å². The largest absolute Gasteiger partial charge is 0.465 e. The second-order valence-corrected chi connectivity index (χ2v) is 8.67. The molecule has 1 aliphatic carbocycles. The first-order valence-electron chi connectivity index (χ1n) is 10.6. The fraction of sp³-hybridized carbons (Fsp3) is 0.636. The second kappa shape index (κ2) is 15.3. The van der Waals surface area contributed by atoms with Crippen LogP contribution in [0.4, 0.5) is 0 Å². The number of benzene rings is 1. The molecular weight excluding hydrogens is 403 g/mol. The van der Waals surface area contributed by atoms with Crippen LogP contribution >= 0.6 is 8.45 Å². The zero-order valence-electron chi connectivity index (χ0n) is 18.9. The third kappa shape index (κ3) is 10.5. The van der Waals surface area contributed by atoms with Crippen LogP contribution in [-0.2, 0) is 25.5 Å². The molecule has 1 atom stereocenters. The van der Waals surface area contributed by atoms with Crippen molar-refractivity contribution in [1.29, 1.82) is 0 Å². The summed E-state index contributed by atoms with van der Waals surface area (Å²) in [5.41, 5.74) is 2.33. The molecule has 1 unspecified atom stereocenters. The Morgan fingerprint density at radius 2 is 1.93 bits per heavy atom. The van der Waals surface area contributed by atoms with Gasteiger partial charge in [0.2, 0.25) is 8.45 Å². The lowest BCUT2D eigenvalue weighted by Crippen LogP contribution is -2.29. The maximum absolute atomic E-state index is 11.6. The minimum atomic E-state index is -1.38. The van der Waals surface area contributed by atoms with Crippen molar-refractivity contribution in [3.8, 4) is 5.75 Å². The quantitative estimate of drug-likeness (QED) is 0.273. The van der Waals surface area contributed by atoms with E-state index in [1.165, 1.54) is 18.4 Å². The fourth-order valence-corrected chi connectivity index (χ4v) is 3.80. The van der Waals surface area contributed by atoms with Crippen LogP contribution in [-0.4, -0.2) is 45.7 Å². The normalized spacial score (nSPS) is 13.9. The molecule has 1 fully saturated rings. The average molecular weight is 441 g/mol. The molecule has 0 aliphatic heterocycles. The number of aldehydes is 1. The van der Waals surface area contributed by atoms with Crippen molar-refractivity contribution >= 4 is 20.7 Å². The summed E-state index contributed by atoms with van der Waals surface area (Å²) in [6.07, 6.45) is 4.32. The maximum Gasteiger partial charge on any atom is 0.320 e. The summed E-state index contributed by atoms with van der Waals surface area (Å²) in [5, 5.41) is 6.08. The van der Waals surface area contributed by atoms with Crippen LogP contribution < -0.4 is 14.7 Å². The lowest BCUT2D eigenvalue weighted by Gasteiger charge is -2.24. The van der Waals surface area contributed by atoms with Crippen molar-refractivity contribution in [3.63, 3.8) is 0 Å². The van der Waals surface area contributed by atoms with Gasteiger partial charge in [0.25, 0.3) is 0 Å². The SMILES string of the molecule is CCOC.CCOC(=O)CNP(NCC=O)Oc1c(CC2CC2)cccc1C(C)C. The van der Waals surface area contributed by atoms with Crippen LogP contribution in [0.5, 0.6) is 5.75 Å². The van der Waals surface area contributed by atoms with Gasteiger partial charge < -0.3 is 18.8 Å². The Bertz CT molecular complexity index is 636. The summed E-state index contributed by atoms with van der Waals surface area (Å²) in [7, 11) is 0.301. The van der Waals surface area contributed by atoms with Crippen molar-refractivity contribution < 1.29 is 23.6 Å². The number of ether oxygens (including phenoxy) is 2. The zero-order chi connectivity index (χ0) is 22.4. The first kappa shape index (κ1) is 26.5. The van der Waals surface area contributed by atoms with Gasteiger partial charge in [-0.3, -0.25) is 4.79 Å². The van der Waals surface area contributed by atoms with Crippen LogP contribution in [0.15, 0.2) is 18.2 Å². The van der Waals surface area contributed by atoms with Gasteiger partial charge in [0.15, 0.2) is 0 Å². The van der Waals surface area contributed by atoms with Gasteiger partial charge in [-0.05, 0) is 56.1 Å². The van der Waals surface area contributed by atoms with E-state index in [1.54, 1.807) is 14.0 Å². The zero-order valence-corrected chi connectivity index (χ0v) is 19.8. The Hall–Kier alpha value is -1.53. The molecule has 170 valence electrons. The molecule has 0 aromatic heterocycles. The summed E-state index contributed by atoms with van der Waals surface area (Å²) in [6, 6.07) is 6.26. The third-order valence-electron chi connectivity index (χ3n) is 4.42. The predicted molar refractivity (Wildman–Crippen MR) is 121 cm³/mol. The number of carbonyl (C=O) groups is 2. The molecule has 0 amide bonds. The smallest absolute Gasteiger partial charge is 0.320 e. The molecule has 1 saturated carbocycles. The monoisotopic (exact) mass is 440 g/mol. The molecule has 0 radical (unpaired) electrons.